The van der Waals surface area contributed by atoms with Crippen molar-refractivity contribution in [3.8, 4) is 5.75 Å². The van der Waals surface area contributed by atoms with Crippen molar-refractivity contribution in [2.45, 2.75) is 32.2 Å². The van der Waals surface area contributed by atoms with Gasteiger partial charge in [-0.2, -0.15) is 0 Å². The summed E-state index contributed by atoms with van der Waals surface area (Å²) in [6.07, 6.45) is 3.38. The minimum Gasteiger partial charge on any atom is -0.508 e. The van der Waals surface area contributed by atoms with E-state index in [0.29, 0.717) is 18.2 Å². The van der Waals surface area contributed by atoms with Gasteiger partial charge >= 0.3 is 0 Å². The van der Waals surface area contributed by atoms with Crippen LogP contribution in [-0.4, -0.2) is 30.1 Å². The largest absolute Gasteiger partial charge is 0.508 e. The fourth-order valence-electron chi connectivity index (χ4n) is 2.22. The van der Waals surface area contributed by atoms with Crippen LogP contribution < -0.4 is 10.6 Å². The first-order valence-electron chi connectivity index (χ1n) is 6.48. The number of rotatable bonds is 4. The van der Waals surface area contributed by atoms with Crippen LogP contribution in [0.5, 0.6) is 5.75 Å². The normalized spacial score (nSPS) is 18.8. The van der Waals surface area contributed by atoms with E-state index in [0.717, 1.165) is 18.5 Å². The Labute approximate surface area is 107 Å². The molecule has 1 aliphatic rings. The lowest BCUT2D eigenvalue weighted by Gasteiger charge is -2.11. The predicted molar refractivity (Wildman–Crippen MR) is 70.8 cm³/mol. The molecule has 1 saturated heterocycles. The summed E-state index contributed by atoms with van der Waals surface area (Å²) in [5, 5.41) is 15.8. The Kier molecular flexibility index (Phi) is 4.20. The topological polar surface area (TPSA) is 61.4 Å². The molecule has 1 unspecified atom stereocenters. The average molecular weight is 248 g/mol. The Bertz CT molecular complexity index is 426. The highest BCUT2D eigenvalue weighted by atomic mass is 16.3. The Hall–Kier alpha value is -1.55. The summed E-state index contributed by atoms with van der Waals surface area (Å²) in [7, 11) is 0. The number of aryl methyl sites for hydroxylation is 1. The molecule has 0 aromatic heterocycles. The molecule has 18 heavy (non-hydrogen) atoms. The summed E-state index contributed by atoms with van der Waals surface area (Å²) in [5.41, 5.74) is 1.29. The number of hydrogen-bond acceptors (Lipinski definition) is 3. The maximum atomic E-state index is 11.8. The molecule has 4 heteroatoms. The Morgan fingerprint density at radius 1 is 1.56 bits per heavy atom. The lowest BCUT2D eigenvalue weighted by atomic mass is 10.1. The SMILES string of the molecule is Cc1ccc(C(=O)NCCC2CCCN2)cc1O. The van der Waals surface area contributed by atoms with E-state index in [9.17, 15) is 9.90 Å². The Morgan fingerprint density at radius 2 is 2.39 bits per heavy atom. The molecule has 0 radical (unpaired) electrons. The lowest BCUT2D eigenvalue weighted by molar-refractivity contribution is 0.0952. The summed E-state index contributed by atoms with van der Waals surface area (Å²) in [6.45, 7) is 3.57. The molecular weight excluding hydrogens is 228 g/mol. The molecule has 4 nitrogen and oxygen atoms in total. The third-order valence-corrected chi connectivity index (χ3v) is 3.41. The number of benzene rings is 1. The molecule has 1 fully saturated rings. The van der Waals surface area contributed by atoms with E-state index in [4.69, 9.17) is 0 Å². The molecule has 0 spiro atoms. The van der Waals surface area contributed by atoms with Gasteiger partial charge in [0, 0.05) is 18.2 Å². The van der Waals surface area contributed by atoms with Gasteiger partial charge in [0.05, 0.1) is 0 Å². The van der Waals surface area contributed by atoms with E-state index >= 15 is 0 Å². The second-order valence-corrected chi connectivity index (χ2v) is 4.84. The third kappa shape index (κ3) is 3.23. The number of carbonyl (C=O) groups is 1. The Balaban J connectivity index is 1.81. The van der Waals surface area contributed by atoms with Crippen molar-refractivity contribution in [3.63, 3.8) is 0 Å². The Morgan fingerprint density at radius 3 is 3.06 bits per heavy atom. The second kappa shape index (κ2) is 5.87. The van der Waals surface area contributed by atoms with Crippen molar-refractivity contribution in [1.29, 1.82) is 0 Å². The van der Waals surface area contributed by atoms with Gasteiger partial charge in [0.1, 0.15) is 5.75 Å². The van der Waals surface area contributed by atoms with Crippen molar-refractivity contribution in [3.05, 3.63) is 29.3 Å². The number of phenols is 1. The monoisotopic (exact) mass is 248 g/mol. The van der Waals surface area contributed by atoms with E-state index in [1.807, 2.05) is 6.92 Å². The van der Waals surface area contributed by atoms with Gasteiger partial charge in [-0.3, -0.25) is 4.79 Å². The molecule has 98 valence electrons. The number of aromatic hydroxyl groups is 1. The van der Waals surface area contributed by atoms with Crippen LogP contribution >= 0.6 is 0 Å². The molecule has 1 aliphatic heterocycles. The molecular formula is C14H20N2O2. The number of carbonyl (C=O) groups excluding carboxylic acids is 1. The molecule has 1 aromatic carbocycles. The first kappa shape index (κ1) is 12.9. The number of amides is 1. The molecule has 1 atom stereocenters. The molecule has 0 aliphatic carbocycles. The van der Waals surface area contributed by atoms with Crippen LogP contribution in [0.15, 0.2) is 18.2 Å². The first-order chi connectivity index (χ1) is 8.66. The van der Waals surface area contributed by atoms with Crippen molar-refractivity contribution in [1.82, 2.24) is 10.6 Å². The molecule has 3 N–H and O–H groups in total. The van der Waals surface area contributed by atoms with Gasteiger partial charge in [0.15, 0.2) is 0 Å². The second-order valence-electron chi connectivity index (χ2n) is 4.84. The minimum absolute atomic E-state index is 0.122. The van der Waals surface area contributed by atoms with Crippen molar-refractivity contribution < 1.29 is 9.90 Å². The lowest BCUT2D eigenvalue weighted by Crippen LogP contribution is -2.30. The molecule has 2 rings (SSSR count). The van der Waals surface area contributed by atoms with Crippen LogP contribution in [0.25, 0.3) is 0 Å². The fourth-order valence-corrected chi connectivity index (χ4v) is 2.22. The third-order valence-electron chi connectivity index (χ3n) is 3.41. The zero-order valence-electron chi connectivity index (χ0n) is 10.7. The van der Waals surface area contributed by atoms with Gasteiger partial charge in [-0.15, -0.1) is 0 Å². The fraction of sp³-hybridized carbons (Fsp3) is 0.500. The van der Waals surface area contributed by atoms with E-state index in [1.165, 1.54) is 18.9 Å². The van der Waals surface area contributed by atoms with Gasteiger partial charge in [-0.05, 0) is 50.4 Å². The predicted octanol–water partition coefficient (Wildman–Crippen LogP) is 1.57. The van der Waals surface area contributed by atoms with Gasteiger partial charge in [0.2, 0.25) is 0 Å². The number of hydrogen-bond donors (Lipinski definition) is 3. The zero-order chi connectivity index (χ0) is 13.0. The smallest absolute Gasteiger partial charge is 0.251 e. The maximum Gasteiger partial charge on any atom is 0.251 e. The van der Waals surface area contributed by atoms with Crippen LogP contribution in [0, 0.1) is 6.92 Å². The van der Waals surface area contributed by atoms with E-state index < -0.39 is 0 Å². The summed E-state index contributed by atoms with van der Waals surface area (Å²) in [5.74, 6) is 0.0448. The van der Waals surface area contributed by atoms with Gasteiger partial charge in [0.25, 0.3) is 5.91 Å². The van der Waals surface area contributed by atoms with Crippen molar-refractivity contribution >= 4 is 5.91 Å². The van der Waals surface area contributed by atoms with Gasteiger partial charge in [-0.1, -0.05) is 6.07 Å². The van der Waals surface area contributed by atoms with Crippen LogP contribution in [0.3, 0.4) is 0 Å². The maximum absolute atomic E-state index is 11.8. The molecule has 0 saturated carbocycles. The van der Waals surface area contributed by atoms with E-state index in [-0.39, 0.29) is 11.7 Å². The summed E-state index contributed by atoms with van der Waals surface area (Å²) < 4.78 is 0. The standard InChI is InChI=1S/C14H20N2O2/c1-10-4-5-11(9-13(10)17)14(18)16-8-6-12-3-2-7-15-12/h4-5,9,12,15,17H,2-3,6-8H2,1H3,(H,16,18). The highest BCUT2D eigenvalue weighted by Gasteiger charge is 2.14. The highest BCUT2D eigenvalue weighted by molar-refractivity contribution is 5.94. The van der Waals surface area contributed by atoms with Gasteiger partial charge < -0.3 is 15.7 Å². The van der Waals surface area contributed by atoms with Crippen LogP contribution in [0.4, 0.5) is 0 Å². The minimum atomic E-state index is -0.122. The van der Waals surface area contributed by atoms with Gasteiger partial charge in [-0.25, -0.2) is 0 Å². The molecule has 1 amide bonds. The first-order valence-corrected chi connectivity index (χ1v) is 6.48. The molecule has 0 bridgehead atoms. The number of phenolic OH excluding ortho intramolecular Hbond substituents is 1. The van der Waals surface area contributed by atoms with Crippen LogP contribution in [0.2, 0.25) is 0 Å². The average Bonchev–Trinajstić information content (AvgIpc) is 2.85. The van der Waals surface area contributed by atoms with E-state index in [1.54, 1.807) is 12.1 Å². The summed E-state index contributed by atoms with van der Waals surface area (Å²) >= 11 is 0. The summed E-state index contributed by atoms with van der Waals surface area (Å²) in [6, 6.07) is 5.54. The zero-order valence-corrected chi connectivity index (χ0v) is 10.7. The van der Waals surface area contributed by atoms with Crippen LogP contribution in [0.1, 0.15) is 35.2 Å². The van der Waals surface area contributed by atoms with Crippen LogP contribution in [-0.2, 0) is 0 Å². The van der Waals surface area contributed by atoms with Crippen molar-refractivity contribution in [2.75, 3.05) is 13.1 Å². The highest BCUT2D eigenvalue weighted by Crippen LogP contribution is 2.17. The number of nitrogens with one attached hydrogen (secondary N) is 2. The summed E-state index contributed by atoms with van der Waals surface area (Å²) in [4.78, 5) is 11.8. The van der Waals surface area contributed by atoms with Crippen molar-refractivity contribution in [2.24, 2.45) is 0 Å². The molecule has 1 heterocycles. The molecule has 1 aromatic rings. The quantitative estimate of drug-likeness (QED) is 0.758. The van der Waals surface area contributed by atoms with E-state index in [2.05, 4.69) is 10.6 Å².